The highest BCUT2D eigenvalue weighted by Gasteiger charge is 2.45. The van der Waals surface area contributed by atoms with Crippen molar-refractivity contribution in [2.75, 3.05) is 18.9 Å². The Kier molecular flexibility index (Phi) is 4.22. The van der Waals surface area contributed by atoms with Crippen LogP contribution in [-0.4, -0.2) is 54.1 Å². The molecule has 3 N–H and O–H groups in total. The number of likely N-dealkylation sites (N-methyl/N-ethyl adjacent to an activating group) is 1. The van der Waals surface area contributed by atoms with Crippen LogP contribution >= 0.6 is 0 Å². The normalized spacial score (nSPS) is 19.6. The molecule has 0 aromatic heterocycles. The number of nitrogens with one attached hydrogen (secondary N) is 3. The van der Waals surface area contributed by atoms with Crippen LogP contribution in [0.4, 0.5) is 5.69 Å². The lowest BCUT2D eigenvalue weighted by Crippen LogP contribution is -2.54. The number of piperidine rings is 1. The highest BCUT2D eigenvalue weighted by Crippen LogP contribution is 2.32. The first-order valence-corrected chi connectivity index (χ1v) is 7.73. The topological polar surface area (TPSA) is 125 Å². The predicted octanol–water partition coefficient (Wildman–Crippen LogP) is -0.754. The number of amides is 5. The molecule has 1 aromatic carbocycles. The van der Waals surface area contributed by atoms with Crippen LogP contribution in [0.25, 0.3) is 0 Å². The zero-order chi connectivity index (χ0) is 18.1. The van der Waals surface area contributed by atoms with Crippen molar-refractivity contribution < 1.29 is 24.0 Å². The number of nitrogens with zero attached hydrogens (tertiary/aromatic N) is 1. The summed E-state index contributed by atoms with van der Waals surface area (Å²) in [5.74, 6) is -2.57. The molecule has 130 valence electrons. The van der Waals surface area contributed by atoms with Gasteiger partial charge < -0.3 is 10.6 Å². The van der Waals surface area contributed by atoms with E-state index in [4.69, 9.17) is 0 Å². The lowest BCUT2D eigenvalue weighted by molar-refractivity contribution is -0.136. The van der Waals surface area contributed by atoms with Crippen LogP contribution in [0.15, 0.2) is 18.2 Å². The first-order chi connectivity index (χ1) is 11.9. The second-order valence-electron chi connectivity index (χ2n) is 5.70. The molecule has 0 saturated carbocycles. The summed E-state index contributed by atoms with van der Waals surface area (Å²) < 4.78 is 0. The highest BCUT2D eigenvalue weighted by molar-refractivity contribution is 6.25. The molecule has 2 aliphatic heterocycles. The minimum atomic E-state index is -1.02. The van der Waals surface area contributed by atoms with E-state index in [1.807, 2.05) is 0 Å². The van der Waals surface area contributed by atoms with E-state index in [1.165, 1.54) is 13.1 Å². The van der Waals surface area contributed by atoms with Gasteiger partial charge in [0.25, 0.3) is 11.8 Å². The fourth-order valence-electron chi connectivity index (χ4n) is 2.93. The standard InChI is InChI=1S/C16H16N4O5/c1-17-12(22)7-18-9-4-2-3-8-13(9)16(25)20(15(8)24)10-5-6-11(21)19-14(10)23/h2-4,10,18H,5-7H2,1H3,(H,17,22)(H,19,21,23). The molecule has 1 fully saturated rings. The van der Waals surface area contributed by atoms with Crippen molar-refractivity contribution in [3.05, 3.63) is 29.3 Å². The average Bonchev–Trinajstić information content (AvgIpc) is 2.85. The molecule has 1 aromatic rings. The number of benzene rings is 1. The Morgan fingerprint density at radius 1 is 1.24 bits per heavy atom. The van der Waals surface area contributed by atoms with Crippen LogP contribution < -0.4 is 16.0 Å². The predicted molar refractivity (Wildman–Crippen MR) is 85.7 cm³/mol. The zero-order valence-corrected chi connectivity index (χ0v) is 13.4. The third-order valence-corrected chi connectivity index (χ3v) is 4.19. The van der Waals surface area contributed by atoms with Gasteiger partial charge >= 0.3 is 0 Å². The Bertz CT molecular complexity index is 804. The van der Waals surface area contributed by atoms with Crippen molar-refractivity contribution in [1.29, 1.82) is 0 Å². The fourth-order valence-corrected chi connectivity index (χ4v) is 2.93. The molecule has 3 rings (SSSR count). The molecule has 1 atom stereocenters. The van der Waals surface area contributed by atoms with Gasteiger partial charge in [0.15, 0.2) is 0 Å². The monoisotopic (exact) mass is 344 g/mol. The number of carbonyl (C=O) groups is 5. The molecular formula is C16H16N4O5. The van der Waals surface area contributed by atoms with Crippen molar-refractivity contribution in [1.82, 2.24) is 15.5 Å². The van der Waals surface area contributed by atoms with Gasteiger partial charge in [-0.3, -0.25) is 34.2 Å². The summed E-state index contributed by atoms with van der Waals surface area (Å²) in [5, 5.41) is 7.41. The first-order valence-electron chi connectivity index (χ1n) is 7.73. The maximum absolute atomic E-state index is 12.8. The Balaban J connectivity index is 1.90. The third-order valence-electron chi connectivity index (χ3n) is 4.19. The Morgan fingerprint density at radius 2 is 2.00 bits per heavy atom. The van der Waals surface area contributed by atoms with E-state index < -0.39 is 29.7 Å². The lowest BCUT2D eigenvalue weighted by Gasteiger charge is -2.27. The Labute approximate surface area is 142 Å². The Hall–Kier alpha value is -3.23. The van der Waals surface area contributed by atoms with Crippen LogP contribution in [-0.2, 0) is 14.4 Å². The summed E-state index contributed by atoms with van der Waals surface area (Å²) in [4.78, 5) is 61.0. The fraction of sp³-hybridized carbons (Fsp3) is 0.312. The summed E-state index contributed by atoms with van der Waals surface area (Å²) in [6, 6.07) is 3.65. The summed E-state index contributed by atoms with van der Waals surface area (Å²) >= 11 is 0. The van der Waals surface area contributed by atoms with Gasteiger partial charge in [-0.1, -0.05) is 6.07 Å². The molecule has 0 radical (unpaired) electrons. The number of hydrogen-bond acceptors (Lipinski definition) is 6. The first kappa shape index (κ1) is 16.6. The maximum atomic E-state index is 12.8. The van der Waals surface area contributed by atoms with Crippen LogP contribution in [0.2, 0.25) is 0 Å². The van der Waals surface area contributed by atoms with Crippen molar-refractivity contribution in [2.24, 2.45) is 0 Å². The second-order valence-corrected chi connectivity index (χ2v) is 5.70. The van der Waals surface area contributed by atoms with Gasteiger partial charge in [0, 0.05) is 19.2 Å². The van der Waals surface area contributed by atoms with Gasteiger partial charge in [-0.15, -0.1) is 0 Å². The van der Waals surface area contributed by atoms with Crippen LogP contribution in [0.5, 0.6) is 0 Å². The molecule has 2 aliphatic rings. The van der Waals surface area contributed by atoms with Gasteiger partial charge in [0.05, 0.1) is 17.7 Å². The summed E-state index contributed by atoms with van der Waals surface area (Å²) in [5.41, 5.74) is 0.631. The second kappa shape index (κ2) is 6.34. The van der Waals surface area contributed by atoms with Crippen LogP contribution in [0, 0.1) is 0 Å². The molecule has 5 amide bonds. The van der Waals surface area contributed by atoms with Crippen molar-refractivity contribution in [2.45, 2.75) is 18.9 Å². The van der Waals surface area contributed by atoms with E-state index in [1.54, 1.807) is 12.1 Å². The summed E-state index contributed by atoms with van der Waals surface area (Å²) in [6.45, 7) is -0.0627. The number of fused-ring (bicyclic) bond motifs is 1. The smallest absolute Gasteiger partial charge is 0.264 e. The Morgan fingerprint density at radius 3 is 2.68 bits per heavy atom. The van der Waals surface area contributed by atoms with Crippen LogP contribution in [0.1, 0.15) is 33.6 Å². The van der Waals surface area contributed by atoms with E-state index in [0.29, 0.717) is 5.69 Å². The zero-order valence-electron chi connectivity index (χ0n) is 13.4. The quantitative estimate of drug-likeness (QED) is 0.617. The number of rotatable bonds is 4. The van der Waals surface area contributed by atoms with Gasteiger partial charge in [0.1, 0.15) is 6.04 Å². The van der Waals surface area contributed by atoms with Crippen LogP contribution in [0.3, 0.4) is 0 Å². The number of hydrogen-bond donors (Lipinski definition) is 3. The summed E-state index contributed by atoms with van der Waals surface area (Å²) in [6.07, 6.45) is 0.155. The van der Waals surface area contributed by atoms with Gasteiger partial charge in [-0.2, -0.15) is 0 Å². The van der Waals surface area contributed by atoms with Crippen molar-refractivity contribution in [3.8, 4) is 0 Å². The van der Waals surface area contributed by atoms with E-state index in [0.717, 1.165) is 4.90 Å². The van der Waals surface area contributed by atoms with Gasteiger partial charge in [-0.05, 0) is 18.6 Å². The molecular weight excluding hydrogens is 328 g/mol. The summed E-state index contributed by atoms with van der Waals surface area (Å²) in [7, 11) is 1.48. The van der Waals surface area contributed by atoms with E-state index in [-0.39, 0.29) is 36.4 Å². The molecule has 2 heterocycles. The lowest BCUT2D eigenvalue weighted by atomic mass is 10.0. The van der Waals surface area contributed by atoms with Gasteiger partial charge in [0.2, 0.25) is 17.7 Å². The third kappa shape index (κ3) is 2.84. The largest absolute Gasteiger partial charge is 0.375 e. The molecule has 9 heteroatoms. The highest BCUT2D eigenvalue weighted by atomic mass is 16.2. The number of imide groups is 2. The van der Waals surface area contributed by atoms with Crippen molar-refractivity contribution >= 4 is 35.2 Å². The molecule has 1 saturated heterocycles. The molecule has 0 aliphatic carbocycles. The minimum Gasteiger partial charge on any atom is -0.375 e. The van der Waals surface area contributed by atoms with Crippen molar-refractivity contribution in [3.63, 3.8) is 0 Å². The molecule has 0 spiro atoms. The maximum Gasteiger partial charge on any atom is 0.264 e. The molecule has 25 heavy (non-hydrogen) atoms. The molecule has 0 bridgehead atoms. The number of carbonyl (C=O) groups excluding carboxylic acids is 5. The van der Waals surface area contributed by atoms with E-state index >= 15 is 0 Å². The molecule has 9 nitrogen and oxygen atoms in total. The number of anilines is 1. The minimum absolute atomic E-state index is 0.0611. The molecule has 1 unspecified atom stereocenters. The van der Waals surface area contributed by atoms with E-state index in [2.05, 4.69) is 16.0 Å². The SMILES string of the molecule is CNC(=O)CNc1cccc2c1C(=O)N(C1CCC(=O)NC1=O)C2=O. The average molecular weight is 344 g/mol. The van der Waals surface area contributed by atoms with Gasteiger partial charge in [-0.25, -0.2) is 0 Å². The van der Waals surface area contributed by atoms with E-state index in [9.17, 15) is 24.0 Å².